The van der Waals surface area contributed by atoms with Crippen LogP contribution in [0.15, 0.2) is 0 Å². The van der Waals surface area contributed by atoms with Gasteiger partial charge in [-0.3, -0.25) is 9.18 Å². The summed E-state index contributed by atoms with van der Waals surface area (Å²) in [5, 5.41) is 9.04. The molecule has 5 nitrogen and oxygen atoms in total. The number of hydrogen-bond donors (Lipinski definition) is 1. The molecule has 1 heterocycles. The summed E-state index contributed by atoms with van der Waals surface area (Å²) in [6.45, 7) is 5.00. The highest BCUT2D eigenvalue weighted by Gasteiger charge is 2.40. The van der Waals surface area contributed by atoms with Crippen LogP contribution in [0.5, 0.6) is 0 Å². The SMILES string of the molecule is CC(C)(C)OC(=O)N1CC(CCF)C(C(=O)O)C1. The highest BCUT2D eigenvalue weighted by atomic mass is 19.1. The lowest BCUT2D eigenvalue weighted by atomic mass is 9.94. The maximum atomic E-state index is 12.4. The van der Waals surface area contributed by atoms with Crippen LogP contribution in [0.2, 0.25) is 0 Å². The lowest BCUT2D eigenvalue weighted by molar-refractivity contribution is -0.142. The normalized spacial score (nSPS) is 24.1. The van der Waals surface area contributed by atoms with Gasteiger partial charge in [-0.2, -0.15) is 0 Å². The number of ether oxygens (including phenoxy) is 1. The van der Waals surface area contributed by atoms with E-state index >= 15 is 0 Å². The molecule has 1 N–H and O–H groups in total. The molecule has 2 unspecified atom stereocenters. The molecule has 0 bridgehead atoms. The molecule has 0 saturated carbocycles. The van der Waals surface area contributed by atoms with E-state index in [-0.39, 0.29) is 25.4 Å². The fourth-order valence-corrected chi connectivity index (χ4v) is 2.06. The Morgan fingerprint density at radius 1 is 1.39 bits per heavy atom. The minimum Gasteiger partial charge on any atom is -0.481 e. The van der Waals surface area contributed by atoms with Gasteiger partial charge < -0.3 is 14.7 Å². The van der Waals surface area contributed by atoms with Crippen molar-refractivity contribution < 1.29 is 23.8 Å². The molecule has 0 aromatic rings. The van der Waals surface area contributed by atoms with E-state index in [1.807, 2.05) is 0 Å². The summed E-state index contributed by atoms with van der Waals surface area (Å²) in [7, 11) is 0. The summed E-state index contributed by atoms with van der Waals surface area (Å²) in [6, 6.07) is 0. The molecule has 1 aliphatic heterocycles. The predicted molar refractivity (Wildman–Crippen MR) is 63.0 cm³/mol. The van der Waals surface area contributed by atoms with Crippen molar-refractivity contribution in [1.29, 1.82) is 0 Å². The van der Waals surface area contributed by atoms with Crippen molar-refractivity contribution in [3.05, 3.63) is 0 Å². The molecule has 6 heteroatoms. The molecule has 0 aromatic heterocycles. The fourth-order valence-electron chi connectivity index (χ4n) is 2.06. The maximum absolute atomic E-state index is 12.4. The van der Waals surface area contributed by atoms with Gasteiger partial charge in [0.2, 0.25) is 0 Å². The Labute approximate surface area is 106 Å². The first-order valence-electron chi connectivity index (χ1n) is 6.01. The zero-order chi connectivity index (χ0) is 13.9. The number of halogens is 1. The van der Waals surface area contributed by atoms with Crippen LogP contribution >= 0.6 is 0 Å². The van der Waals surface area contributed by atoms with Gasteiger partial charge in [-0.05, 0) is 33.1 Å². The summed E-state index contributed by atoms with van der Waals surface area (Å²) in [4.78, 5) is 24.2. The molecule has 0 spiro atoms. The second kappa shape index (κ2) is 5.54. The Morgan fingerprint density at radius 2 is 2.00 bits per heavy atom. The summed E-state index contributed by atoms with van der Waals surface area (Å²) in [5.41, 5.74) is -0.617. The third-order valence-corrected chi connectivity index (χ3v) is 2.89. The first-order valence-corrected chi connectivity index (χ1v) is 6.01. The molecular formula is C12H20FNO4. The standard InChI is InChI=1S/C12H20FNO4/c1-12(2,3)18-11(17)14-6-8(4-5-13)9(7-14)10(15)16/h8-9H,4-7H2,1-3H3,(H,15,16). The Bertz CT molecular complexity index is 327. The molecule has 2 atom stereocenters. The number of alkyl halides is 1. The molecule has 0 aliphatic carbocycles. The van der Waals surface area contributed by atoms with Crippen molar-refractivity contribution >= 4 is 12.1 Å². The molecule has 0 radical (unpaired) electrons. The van der Waals surface area contributed by atoms with Gasteiger partial charge in [0.15, 0.2) is 0 Å². The number of nitrogens with zero attached hydrogens (tertiary/aromatic N) is 1. The van der Waals surface area contributed by atoms with E-state index in [0.29, 0.717) is 0 Å². The monoisotopic (exact) mass is 261 g/mol. The van der Waals surface area contributed by atoms with Crippen LogP contribution < -0.4 is 0 Å². The summed E-state index contributed by atoms with van der Waals surface area (Å²) >= 11 is 0. The number of hydrogen-bond acceptors (Lipinski definition) is 3. The molecule has 1 amide bonds. The lowest BCUT2D eigenvalue weighted by Gasteiger charge is -2.24. The van der Waals surface area contributed by atoms with Crippen LogP contribution in [0.1, 0.15) is 27.2 Å². The number of carbonyl (C=O) groups excluding carboxylic acids is 1. The first-order chi connectivity index (χ1) is 8.24. The third-order valence-electron chi connectivity index (χ3n) is 2.89. The van der Waals surface area contributed by atoms with Crippen molar-refractivity contribution in [3.63, 3.8) is 0 Å². The molecule has 18 heavy (non-hydrogen) atoms. The molecule has 1 aliphatic rings. The van der Waals surface area contributed by atoms with Gasteiger partial charge in [-0.15, -0.1) is 0 Å². The van der Waals surface area contributed by atoms with Crippen LogP contribution in [0.25, 0.3) is 0 Å². The molecule has 0 aromatic carbocycles. The van der Waals surface area contributed by atoms with Crippen molar-refractivity contribution in [1.82, 2.24) is 4.90 Å². The van der Waals surface area contributed by atoms with Gasteiger partial charge in [0.25, 0.3) is 0 Å². The van der Waals surface area contributed by atoms with Crippen LogP contribution in [-0.4, -0.2) is 47.4 Å². The average Bonchev–Trinajstić information content (AvgIpc) is 2.59. The summed E-state index contributed by atoms with van der Waals surface area (Å²) in [6.07, 6.45) is -0.369. The summed E-state index contributed by atoms with van der Waals surface area (Å²) in [5.74, 6) is -2.02. The van der Waals surface area contributed by atoms with Gasteiger partial charge in [0, 0.05) is 13.1 Å². The van der Waals surface area contributed by atoms with Crippen LogP contribution in [0.4, 0.5) is 9.18 Å². The first kappa shape index (κ1) is 14.7. The van der Waals surface area contributed by atoms with E-state index in [0.717, 1.165) is 0 Å². The Hall–Kier alpha value is -1.33. The Kier molecular flexibility index (Phi) is 4.53. The van der Waals surface area contributed by atoms with Gasteiger partial charge in [-0.25, -0.2) is 4.79 Å². The number of carboxylic acid groups (broad SMARTS) is 1. The van der Waals surface area contributed by atoms with Gasteiger partial charge in [0.1, 0.15) is 5.60 Å². The maximum Gasteiger partial charge on any atom is 0.410 e. The Balaban J connectivity index is 2.65. The minimum atomic E-state index is -0.987. The van der Waals surface area contributed by atoms with E-state index in [4.69, 9.17) is 9.84 Å². The lowest BCUT2D eigenvalue weighted by Crippen LogP contribution is -2.36. The number of rotatable bonds is 3. The number of carboxylic acids is 1. The van der Waals surface area contributed by atoms with E-state index in [1.165, 1.54) is 4.90 Å². The van der Waals surface area contributed by atoms with Gasteiger partial charge >= 0.3 is 12.1 Å². The largest absolute Gasteiger partial charge is 0.481 e. The quantitative estimate of drug-likeness (QED) is 0.842. The fraction of sp³-hybridized carbons (Fsp3) is 0.833. The number of carbonyl (C=O) groups is 2. The average molecular weight is 261 g/mol. The van der Waals surface area contributed by atoms with Crippen LogP contribution in [0, 0.1) is 11.8 Å². The van der Waals surface area contributed by atoms with Crippen LogP contribution in [-0.2, 0) is 9.53 Å². The smallest absolute Gasteiger partial charge is 0.410 e. The van der Waals surface area contributed by atoms with Gasteiger partial charge in [0.05, 0.1) is 12.6 Å². The topological polar surface area (TPSA) is 66.8 Å². The predicted octanol–water partition coefficient (Wildman–Crippen LogP) is 1.91. The van der Waals surface area contributed by atoms with E-state index < -0.39 is 30.3 Å². The van der Waals surface area contributed by atoms with Crippen molar-refractivity contribution in [3.8, 4) is 0 Å². The van der Waals surface area contributed by atoms with E-state index in [9.17, 15) is 14.0 Å². The number of likely N-dealkylation sites (tertiary alicyclic amines) is 1. The molecule has 1 rings (SSSR count). The van der Waals surface area contributed by atoms with Crippen LogP contribution in [0.3, 0.4) is 0 Å². The Morgan fingerprint density at radius 3 is 2.44 bits per heavy atom. The molecule has 104 valence electrons. The highest BCUT2D eigenvalue weighted by molar-refractivity contribution is 5.74. The second-order valence-corrected chi connectivity index (χ2v) is 5.57. The van der Waals surface area contributed by atoms with E-state index in [1.54, 1.807) is 20.8 Å². The van der Waals surface area contributed by atoms with Crippen molar-refractivity contribution in [2.75, 3.05) is 19.8 Å². The number of aliphatic carboxylic acids is 1. The minimum absolute atomic E-state index is 0.0922. The molecule has 1 fully saturated rings. The molecular weight excluding hydrogens is 241 g/mol. The zero-order valence-corrected chi connectivity index (χ0v) is 11.0. The second-order valence-electron chi connectivity index (χ2n) is 5.57. The molecule has 1 saturated heterocycles. The highest BCUT2D eigenvalue weighted by Crippen LogP contribution is 2.28. The van der Waals surface area contributed by atoms with Gasteiger partial charge in [-0.1, -0.05) is 0 Å². The third kappa shape index (κ3) is 3.85. The zero-order valence-electron chi connectivity index (χ0n) is 11.0. The summed E-state index contributed by atoms with van der Waals surface area (Å²) < 4.78 is 17.5. The van der Waals surface area contributed by atoms with Crippen molar-refractivity contribution in [2.24, 2.45) is 11.8 Å². The van der Waals surface area contributed by atoms with E-state index in [2.05, 4.69) is 0 Å². The number of amides is 1. The van der Waals surface area contributed by atoms with Crippen molar-refractivity contribution in [2.45, 2.75) is 32.8 Å².